The molecule has 0 aliphatic heterocycles. The Bertz CT molecular complexity index is 560. The van der Waals surface area contributed by atoms with E-state index in [2.05, 4.69) is 15.9 Å². The maximum atomic E-state index is 12.9. The van der Waals surface area contributed by atoms with Gasteiger partial charge in [-0.2, -0.15) is 0 Å². The Hall–Kier alpha value is -1.42. The third-order valence-corrected chi connectivity index (χ3v) is 3.19. The van der Waals surface area contributed by atoms with Gasteiger partial charge in [0, 0.05) is 6.42 Å². The number of carbonyl (C=O) groups excluding carboxylic acids is 1. The van der Waals surface area contributed by atoms with Crippen molar-refractivity contribution in [3.63, 3.8) is 0 Å². The minimum absolute atomic E-state index is 0.0552. The minimum atomic E-state index is -0.289. The Kier molecular flexibility index (Phi) is 3.43. The molecule has 4 heteroatoms. The summed E-state index contributed by atoms with van der Waals surface area (Å²) in [4.78, 5) is 11.9. The molecule has 0 aliphatic carbocycles. The van der Waals surface area contributed by atoms with Crippen LogP contribution in [0.4, 0.5) is 4.39 Å². The summed E-state index contributed by atoms with van der Waals surface area (Å²) < 4.78 is 18.4. The van der Waals surface area contributed by atoms with Crippen LogP contribution < -0.4 is 0 Å². The molecule has 0 spiro atoms. The van der Waals surface area contributed by atoms with E-state index in [4.69, 9.17) is 4.42 Å². The number of ketones is 1. The van der Waals surface area contributed by atoms with Crippen LogP contribution in [0.5, 0.6) is 0 Å². The second kappa shape index (κ2) is 4.84. The van der Waals surface area contributed by atoms with E-state index in [0.29, 0.717) is 10.2 Å². The van der Waals surface area contributed by atoms with Gasteiger partial charge in [-0.15, -0.1) is 0 Å². The Morgan fingerprint density at radius 3 is 2.76 bits per heavy atom. The highest BCUT2D eigenvalue weighted by Crippen LogP contribution is 2.20. The Labute approximate surface area is 107 Å². The Morgan fingerprint density at radius 1 is 1.41 bits per heavy atom. The van der Waals surface area contributed by atoms with Crippen LogP contribution >= 0.6 is 15.9 Å². The number of benzene rings is 1. The molecule has 0 aliphatic rings. The predicted octanol–water partition coefficient (Wildman–Crippen LogP) is 3.92. The van der Waals surface area contributed by atoms with Gasteiger partial charge in [-0.1, -0.05) is 6.07 Å². The second-order valence-electron chi connectivity index (χ2n) is 3.78. The summed E-state index contributed by atoms with van der Waals surface area (Å²) in [5.74, 6) is -0.344. The van der Waals surface area contributed by atoms with Gasteiger partial charge in [-0.25, -0.2) is 4.39 Å². The maximum absolute atomic E-state index is 12.9. The molecule has 0 unspecified atom stereocenters. The predicted molar refractivity (Wildman–Crippen MR) is 65.6 cm³/mol. The molecule has 0 N–H and O–H groups in total. The molecule has 2 aromatic rings. The van der Waals surface area contributed by atoms with Gasteiger partial charge in [0.05, 0.1) is 11.8 Å². The van der Waals surface area contributed by atoms with Crippen molar-refractivity contribution in [2.75, 3.05) is 0 Å². The number of hydrogen-bond acceptors (Lipinski definition) is 2. The van der Waals surface area contributed by atoms with Crippen molar-refractivity contribution in [1.82, 2.24) is 0 Å². The zero-order valence-electron chi connectivity index (χ0n) is 9.17. The zero-order chi connectivity index (χ0) is 12.4. The van der Waals surface area contributed by atoms with E-state index in [-0.39, 0.29) is 18.0 Å². The molecule has 0 amide bonds. The topological polar surface area (TPSA) is 30.2 Å². The first-order chi connectivity index (χ1) is 8.08. The second-order valence-corrected chi connectivity index (χ2v) is 4.50. The average molecular weight is 297 g/mol. The van der Waals surface area contributed by atoms with Crippen molar-refractivity contribution in [2.45, 2.75) is 13.3 Å². The smallest absolute Gasteiger partial charge is 0.179 e. The van der Waals surface area contributed by atoms with E-state index >= 15 is 0 Å². The molecule has 0 radical (unpaired) electrons. The van der Waals surface area contributed by atoms with Gasteiger partial charge >= 0.3 is 0 Å². The van der Waals surface area contributed by atoms with E-state index in [1.165, 1.54) is 18.4 Å². The molecule has 0 saturated carbocycles. The number of rotatable bonds is 3. The van der Waals surface area contributed by atoms with Crippen LogP contribution in [0.2, 0.25) is 0 Å². The minimum Gasteiger partial charge on any atom is -0.457 e. The van der Waals surface area contributed by atoms with Crippen molar-refractivity contribution >= 4 is 21.7 Å². The highest BCUT2D eigenvalue weighted by Gasteiger charge is 2.14. The number of carbonyl (C=O) groups is 1. The summed E-state index contributed by atoms with van der Waals surface area (Å²) in [6.45, 7) is 1.79. The first-order valence-electron chi connectivity index (χ1n) is 5.09. The summed E-state index contributed by atoms with van der Waals surface area (Å²) in [6, 6.07) is 6.04. The summed E-state index contributed by atoms with van der Waals surface area (Å²) >= 11 is 3.16. The first kappa shape index (κ1) is 12.0. The van der Waals surface area contributed by atoms with Crippen LogP contribution in [0.3, 0.4) is 0 Å². The largest absolute Gasteiger partial charge is 0.457 e. The summed E-state index contributed by atoms with van der Waals surface area (Å²) in [5.41, 5.74) is 2.11. The number of halogens is 2. The van der Waals surface area contributed by atoms with Gasteiger partial charge in [0.25, 0.3) is 0 Å². The van der Waals surface area contributed by atoms with E-state index < -0.39 is 0 Å². The number of furan rings is 1. The van der Waals surface area contributed by atoms with Crippen LogP contribution in [-0.4, -0.2) is 5.78 Å². The lowest BCUT2D eigenvalue weighted by Gasteiger charge is -2.04. The zero-order valence-corrected chi connectivity index (χ0v) is 10.8. The van der Waals surface area contributed by atoms with E-state index in [0.717, 1.165) is 11.1 Å². The van der Waals surface area contributed by atoms with Gasteiger partial charge in [0.15, 0.2) is 10.5 Å². The molecule has 17 heavy (non-hydrogen) atoms. The van der Waals surface area contributed by atoms with Crippen molar-refractivity contribution in [3.05, 3.63) is 57.7 Å². The van der Waals surface area contributed by atoms with E-state index in [1.807, 2.05) is 0 Å². The SMILES string of the molecule is Cc1cc(F)ccc1CC(=O)c1ccoc1Br. The fourth-order valence-corrected chi connectivity index (χ4v) is 2.08. The molecule has 0 fully saturated rings. The van der Waals surface area contributed by atoms with Gasteiger partial charge < -0.3 is 4.42 Å². The first-order valence-corrected chi connectivity index (χ1v) is 5.88. The van der Waals surface area contributed by atoms with Crippen molar-refractivity contribution < 1.29 is 13.6 Å². The molecule has 2 nitrogen and oxygen atoms in total. The maximum Gasteiger partial charge on any atom is 0.179 e. The number of Topliss-reactive ketones (excluding diaryl/α,β-unsaturated/α-hetero) is 1. The summed E-state index contributed by atoms with van der Waals surface area (Å²) in [5, 5.41) is 0. The Balaban J connectivity index is 2.22. The molecule has 1 heterocycles. The van der Waals surface area contributed by atoms with Gasteiger partial charge in [-0.05, 0) is 52.2 Å². The highest BCUT2D eigenvalue weighted by molar-refractivity contribution is 9.10. The number of hydrogen-bond donors (Lipinski definition) is 0. The van der Waals surface area contributed by atoms with Crippen LogP contribution in [0, 0.1) is 12.7 Å². The lowest BCUT2D eigenvalue weighted by molar-refractivity contribution is 0.0991. The third kappa shape index (κ3) is 2.64. The fraction of sp³-hybridized carbons (Fsp3) is 0.154. The van der Waals surface area contributed by atoms with Crippen molar-refractivity contribution in [3.8, 4) is 0 Å². The fourth-order valence-electron chi connectivity index (χ4n) is 1.62. The highest BCUT2D eigenvalue weighted by atomic mass is 79.9. The van der Waals surface area contributed by atoms with E-state index in [1.54, 1.807) is 19.1 Å². The van der Waals surface area contributed by atoms with Crippen LogP contribution in [-0.2, 0) is 6.42 Å². The van der Waals surface area contributed by atoms with Gasteiger partial charge in [0.2, 0.25) is 0 Å². The normalized spacial score (nSPS) is 10.5. The molecule has 88 valence electrons. The monoisotopic (exact) mass is 296 g/mol. The van der Waals surface area contributed by atoms with Crippen LogP contribution in [0.25, 0.3) is 0 Å². The number of aryl methyl sites for hydroxylation is 1. The van der Waals surface area contributed by atoms with Crippen LogP contribution in [0.1, 0.15) is 21.5 Å². The third-order valence-electron chi connectivity index (χ3n) is 2.57. The summed E-state index contributed by atoms with van der Waals surface area (Å²) in [6.07, 6.45) is 1.69. The lowest BCUT2D eigenvalue weighted by Crippen LogP contribution is -2.04. The summed E-state index contributed by atoms with van der Waals surface area (Å²) in [7, 11) is 0. The molecule has 0 atom stereocenters. The van der Waals surface area contributed by atoms with Crippen LogP contribution in [0.15, 0.2) is 39.6 Å². The quantitative estimate of drug-likeness (QED) is 0.804. The standard InChI is InChI=1S/C13H10BrFO2/c1-8-6-10(15)3-2-9(8)7-12(16)11-4-5-17-13(11)14/h2-6H,7H2,1H3. The Morgan fingerprint density at radius 2 is 2.18 bits per heavy atom. The molecular weight excluding hydrogens is 287 g/mol. The lowest BCUT2D eigenvalue weighted by atomic mass is 10.0. The molecule has 0 bridgehead atoms. The molecule has 0 saturated heterocycles. The van der Waals surface area contributed by atoms with Crippen molar-refractivity contribution in [2.24, 2.45) is 0 Å². The van der Waals surface area contributed by atoms with Crippen molar-refractivity contribution in [1.29, 1.82) is 0 Å². The molecule has 1 aromatic carbocycles. The molecular formula is C13H10BrFO2. The molecule has 2 rings (SSSR count). The average Bonchev–Trinajstić information content (AvgIpc) is 2.68. The van der Waals surface area contributed by atoms with Gasteiger partial charge in [-0.3, -0.25) is 4.79 Å². The molecule has 1 aromatic heterocycles. The van der Waals surface area contributed by atoms with E-state index in [9.17, 15) is 9.18 Å². The van der Waals surface area contributed by atoms with Gasteiger partial charge in [0.1, 0.15) is 5.82 Å².